The van der Waals surface area contributed by atoms with E-state index in [0.717, 1.165) is 50.0 Å². The number of guanidine groups is 1. The number of para-hydroxylation sites is 1. The molecule has 26 heavy (non-hydrogen) atoms. The van der Waals surface area contributed by atoms with Crippen molar-refractivity contribution in [3.8, 4) is 11.5 Å². The van der Waals surface area contributed by atoms with Crippen molar-refractivity contribution in [2.24, 2.45) is 4.99 Å². The Kier molecular flexibility index (Phi) is 6.36. The molecule has 0 saturated carbocycles. The van der Waals surface area contributed by atoms with Crippen LogP contribution in [0.25, 0.3) is 0 Å². The van der Waals surface area contributed by atoms with E-state index in [1.54, 1.807) is 14.2 Å². The van der Waals surface area contributed by atoms with Gasteiger partial charge in [-0.05, 0) is 42.2 Å². The fourth-order valence-corrected chi connectivity index (χ4v) is 3.19. The van der Waals surface area contributed by atoms with Crippen molar-refractivity contribution in [3.63, 3.8) is 0 Å². The zero-order chi connectivity index (χ0) is 18.2. The Morgan fingerprint density at radius 3 is 2.73 bits per heavy atom. The second kappa shape index (κ2) is 9.13. The average Bonchev–Trinajstić information content (AvgIpc) is 2.71. The van der Waals surface area contributed by atoms with Crippen LogP contribution in [0.15, 0.2) is 53.5 Å². The van der Waals surface area contributed by atoms with E-state index in [1.165, 1.54) is 11.1 Å². The molecule has 1 aliphatic heterocycles. The van der Waals surface area contributed by atoms with Gasteiger partial charge in [0.15, 0.2) is 5.96 Å². The normalized spacial score (nSPS) is 16.4. The van der Waals surface area contributed by atoms with Crippen molar-refractivity contribution in [1.82, 2.24) is 10.6 Å². The maximum Gasteiger partial charge on any atom is 0.191 e. The van der Waals surface area contributed by atoms with Gasteiger partial charge in [0.1, 0.15) is 11.5 Å². The molecule has 2 aromatic rings. The van der Waals surface area contributed by atoms with Crippen LogP contribution < -0.4 is 20.1 Å². The molecule has 1 heterocycles. The van der Waals surface area contributed by atoms with Gasteiger partial charge in [0.25, 0.3) is 0 Å². The lowest BCUT2D eigenvalue weighted by Gasteiger charge is -2.26. The van der Waals surface area contributed by atoms with Crippen molar-refractivity contribution in [2.45, 2.75) is 18.8 Å². The smallest absolute Gasteiger partial charge is 0.191 e. The standard InChI is InChI=1S/C21H27N3O2/c1-22-21(23-13-11-16-7-9-18(25-2)10-8-16)24-15-17-12-14-26-20-6-4-3-5-19(17)20/h3-10,17H,11-15H2,1-2H3,(H2,22,23,24). The summed E-state index contributed by atoms with van der Waals surface area (Å²) in [7, 11) is 3.49. The Balaban J connectivity index is 1.46. The van der Waals surface area contributed by atoms with E-state index in [4.69, 9.17) is 9.47 Å². The molecule has 0 aromatic heterocycles. The Morgan fingerprint density at radius 2 is 1.96 bits per heavy atom. The van der Waals surface area contributed by atoms with Crippen molar-refractivity contribution in [2.75, 3.05) is 33.9 Å². The minimum Gasteiger partial charge on any atom is -0.497 e. The molecule has 0 spiro atoms. The van der Waals surface area contributed by atoms with Crippen LogP contribution in [-0.2, 0) is 6.42 Å². The summed E-state index contributed by atoms with van der Waals surface area (Å²) in [5.74, 6) is 3.17. The zero-order valence-corrected chi connectivity index (χ0v) is 15.5. The molecule has 5 heteroatoms. The fraction of sp³-hybridized carbons (Fsp3) is 0.381. The molecule has 138 valence electrons. The molecule has 2 aromatic carbocycles. The number of nitrogens with one attached hydrogen (secondary N) is 2. The van der Waals surface area contributed by atoms with Gasteiger partial charge in [-0.2, -0.15) is 0 Å². The predicted molar refractivity (Wildman–Crippen MR) is 105 cm³/mol. The molecular weight excluding hydrogens is 326 g/mol. The SMILES string of the molecule is CN=C(NCCc1ccc(OC)cc1)NCC1CCOc2ccccc21. The minimum atomic E-state index is 0.445. The van der Waals surface area contributed by atoms with Gasteiger partial charge in [-0.1, -0.05) is 30.3 Å². The van der Waals surface area contributed by atoms with Crippen LogP contribution in [0.4, 0.5) is 0 Å². The highest BCUT2D eigenvalue weighted by molar-refractivity contribution is 5.79. The van der Waals surface area contributed by atoms with Crippen LogP contribution >= 0.6 is 0 Å². The number of hydrogen-bond donors (Lipinski definition) is 2. The first-order valence-electron chi connectivity index (χ1n) is 9.09. The molecule has 5 nitrogen and oxygen atoms in total. The summed E-state index contributed by atoms with van der Waals surface area (Å²) in [6, 6.07) is 16.5. The Labute approximate surface area is 155 Å². The molecule has 0 fully saturated rings. The van der Waals surface area contributed by atoms with Crippen LogP contribution in [0.2, 0.25) is 0 Å². The summed E-state index contributed by atoms with van der Waals surface area (Å²) in [6.07, 6.45) is 1.96. The molecule has 1 unspecified atom stereocenters. The quantitative estimate of drug-likeness (QED) is 0.619. The highest BCUT2D eigenvalue weighted by Crippen LogP contribution is 2.32. The number of rotatable bonds is 6. The third kappa shape index (κ3) is 4.69. The average molecular weight is 353 g/mol. The summed E-state index contributed by atoms with van der Waals surface area (Å²) < 4.78 is 10.9. The molecular formula is C21H27N3O2. The molecule has 0 saturated heterocycles. The van der Waals surface area contributed by atoms with Gasteiger partial charge >= 0.3 is 0 Å². The summed E-state index contributed by atoms with van der Waals surface area (Å²) in [4.78, 5) is 4.33. The highest BCUT2D eigenvalue weighted by atomic mass is 16.5. The van der Waals surface area contributed by atoms with E-state index in [-0.39, 0.29) is 0 Å². The van der Waals surface area contributed by atoms with Gasteiger partial charge in [0.2, 0.25) is 0 Å². The van der Waals surface area contributed by atoms with Crippen molar-refractivity contribution in [1.29, 1.82) is 0 Å². The van der Waals surface area contributed by atoms with Crippen LogP contribution in [-0.4, -0.2) is 39.8 Å². The highest BCUT2D eigenvalue weighted by Gasteiger charge is 2.20. The fourth-order valence-electron chi connectivity index (χ4n) is 3.19. The molecule has 2 N–H and O–H groups in total. The van der Waals surface area contributed by atoms with Gasteiger partial charge in [0, 0.05) is 26.1 Å². The number of aliphatic imine (C=N–C) groups is 1. The summed E-state index contributed by atoms with van der Waals surface area (Å²) in [5.41, 5.74) is 2.55. The number of hydrogen-bond acceptors (Lipinski definition) is 3. The van der Waals surface area contributed by atoms with E-state index in [9.17, 15) is 0 Å². The van der Waals surface area contributed by atoms with E-state index in [2.05, 4.69) is 39.9 Å². The molecule has 0 bridgehead atoms. The number of fused-ring (bicyclic) bond motifs is 1. The van der Waals surface area contributed by atoms with Crippen LogP contribution in [0, 0.1) is 0 Å². The van der Waals surface area contributed by atoms with Crippen molar-refractivity contribution in [3.05, 3.63) is 59.7 Å². The Morgan fingerprint density at radius 1 is 1.15 bits per heavy atom. The monoisotopic (exact) mass is 353 g/mol. The first kappa shape index (κ1) is 18.1. The van der Waals surface area contributed by atoms with Gasteiger partial charge in [-0.15, -0.1) is 0 Å². The number of benzene rings is 2. The van der Waals surface area contributed by atoms with E-state index >= 15 is 0 Å². The maximum absolute atomic E-state index is 5.73. The van der Waals surface area contributed by atoms with Gasteiger partial charge in [0.05, 0.1) is 13.7 Å². The maximum atomic E-state index is 5.73. The molecule has 0 aliphatic carbocycles. The lowest BCUT2D eigenvalue weighted by Crippen LogP contribution is -2.40. The summed E-state index contributed by atoms with van der Waals surface area (Å²) in [6.45, 7) is 2.45. The number of methoxy groups -OCH3 is 1. The predicted octanol–water partition coefficient (Wildman–Crippen LogP) is 2.97. The lowest BCUT2D eigenvalue weighted by molar-refractivity contribution is 0.267. The summed E-state index contributed by atoms with van der Waals surface area (Å²) >= 11 is 0. The van der Waals surface area contributed by atoms with Crippen LogP contribution in [0.1, 0.15) is 23.5 Å². The topological polar surface area (TPSA) is 54.9 Å². The van der Waals surface area contributed by atoms with Gasteiger partial charge in [-0.3, -0.25) is 4.99 Å². The van der Waals surface area contributed by atoms with Crippen molar-refractivity contribution < 1.29 is 9.47 Å². The second-order valence-electron chi connectivity index (χ2n) is 6.35. The third-order valence-electron chi connectivity index (χ3n) is 4.69. The molecule has 1 atom stereocenters. The Hall–Kier alpha value is -2.69. The van der Waals surface area contributed by atoms with E-state index in [1.807, 2.05) is 24.3 Å². The largest absolute Gasteiger partial charge is 0.497 e. The molecule has 1 aliphatic rings. The first-order chi connectivity index (χ1) is 12.8. The van der Waals surface area contributed by atoms with Gasteiger partial charge < -0.3 is 20.1 Å². The Bertz CT molecular complexity index is 728. The van der Waals surface area contributed by atoms with E-state index in [0.29, 0.717) is 5.92 Å². The first-order valence-corrected chi connectivity index (χ1v) is 9.09. The molecule has 3 rings (SSSR count). The van der Waals surface area contributed by atoms with Crippen LogP contribution in [0.5, 0.6) is 11.5 Å². The zero-order valence-electron chi connectivity index (χ0n) is 15.5. The molecule has 0 radical (unpaired) electrons. The lowest BCUT2D eigenvalue weighted by atomic mass is 9.93. The molecule has 0 amide bonds. The minimum absolute atomic E-state index is 0.445. The third-order valence-corrected chi connectivity index (χ3v) is 4.69. The van der Waals surface area contributed by atoms with Gasteiger partial charge in [-0.25, -0.2) is 0 Å². The number of nitrogens with zero attached hydrogens (tertiary/aromatic N) is 1. The number of ether oxygens (including phenoxy) is 2. The second-order valence-corrected chi connectivity index (χ2v) is 6.35. The van der Waals surface area contributed by atoms with E-state index < -0.39 is 0 Å². The summed E-state index contributed by atoms with van der Waals surface area (Å²) in [5, 5.41) is 6.83. The van der Waals surface area contributed by atoms with Crippen molar-refractivity contribution >= 4 is 5.96 Å². The van der Waals surface area contributed by atoms with Crippen LogP contribution in [0.3, 0.4) is 0 Å².